The Kier molecular flexibility index (Phi) is 7.44. The molecular weight excluding hydrogens is 592 g/mol. The molecule has 0 spiro atoms. The number of carbonyl (C=O) groups is 2. The number of ether oxygens (including phenoxy) is 2. The van der Waals surface area contributed by atoms with E-state index >= 15 is 4.39 Å². The zero-order valence-electron chi connectivity index (χ0n) is 23.6. The third-order valence-electron chi connectivity index (χ3n) is 9.56. The van der Waals surface area contributed by atoms with E-state index in [-0.39, 0.29) is 11.3 Å². The fourth-order valence-corrected chi connectivity index (χ4v) is 8.20. The Morgan fingerprint density at radius 1 is 0.932 bits per heavy atom. The van der Waals surface area contributed by atoms with Crippen LogP contribution in [0.4, 0.5) is 26.3 Å². The van der Waals surface area contributed by atoms with Crippen molar-refractivity contribution >= 4 is 22.6 Å². The lowest BCUT2D eigenvalue weighted by Gasteiger charge is -2.58. The van der Waals surface area contributed by atoms with Crippen molar-refractivity contribution in [2.75, 3.05) is 7.11 Å². The number of hydrogen-bond donors (Lipinski definition) is 2. The largest absolute Gasteiger partial charge is 0.493 e. The number of amides is 1. The summed E-state index contributed by atoms with van der Waals surface area (Å²) >= 11 is 0. The van der Waals surface area contributed by atoms with Gasteiger partial charge in [0.15, 0.2) is 23.2 Å². The lowest BCUT2D eigenvalue weighted by molar-refractivity contribution is -0.151. The van der Waals surface area contributed by atoms with Gasteiger partial charge < -0.3 is 19.9 Å². The minimum atomic E-state index is -5.45. The van der Waals surface area contributed by atoms with Crippen molar-refractivity contribution in [3.8, 4) is 11.5 Å². The number of halogens is 6. The van der Waals surface area contributed by atoms with Gasteiger partial charge in [-0.3, -0.25) is 4.79 Å². The number of fused-ring (bicyclic) bond motifs is 1. The Balaban J connectivity index is 1.36. The predicted octanol–water partition coefficient (Wildman–Crippen LogP) is 7.26. The number of nitrogens with one attached hydrogen (secondary N) is 1. The SMILES string of the molecule is COc1c(F)c(COc2c(C(=O)NC(C(=O)O)C34CC5CC(CC(C5)C3)C4)ccc3ccccc23)c(F)c(F)c1C(F)(F)F. The number of carboxylic acid groups (broad SMARTS) is 1. The van der Waals surface area contributed by atoms with Crippen LogP contribution in [-0.2, 0) is 17.6 Å². The molecular formula is C32H29F6NO5. The maximum Gasteiger partial charge on any atom is 0.423 e. The number of aliphatic carboxylic acids is 1. The summed E-state index contributed by atoms with van der Waals surface area (Å²) < 4.78 is 94.9. The van der Waals surface area contributed by atoms with Crippen molar-refractivity contribution in [3.63, 3.8) is 0 Å². The summed E-state index contributed by atoms with van der Waals surface area (Å²) in [6.07, 6.45) is -0.194. The quantitative estimate of drug-likeness (QED) is 0.204. The van der Waals surface area contributed by atoms with Gasteiger partial charge in [-0.2, -0.15) is 13.2 Å². The van der Waals surface area contributed by atoms with Crippen LogP contribution in [0.1, 0.15) is 60.0 Å². The second kappa shape index (κ2) is 10.9. The molecule has 1 atom stereocenters. The van der Waals surface area contributed by atoms with E-state index in [9.17, 15) is 36.6 Å². The van der Waals surface area contributed by atoms with Crippen molar-refractivity contribution in [1.29, 1.82) is 0 Å². The molecule has 0 aromatic heterocycles. The minimum Gasteiger partial charge on any atom is -0.493 e. The number of hydrogen-bond acceptors (Lipinski definition) is 4. The van der Waals surface area contributed by atoms with E-state index in [1.54, 1.807) is 30.3 Å². The van der Waals surface area contributed by atoms with Crippen molar-refractivity contribution in [3.05, 3.63) is 70.5 Å². The molecule has 4 bridgehead atoms. The Morgan fingerprint density at radius 2 is 1.55 bits per heavy atom. The third-order valence-corrected chi connectivity index (χ3v) is 9.56. The molecule has 2 N–H and O–H groups in total. The summed E-state index contributed by atoms with van der Waals surface area (Å²) in [5, 5.41) is 13.8. The normalized spacial score (nSPS) is 24.8. The Labute approximate surface area is 248 Å². The number of alkyl halides is 3. The maximum atomic E-state index is 15.1. The molecule has 4 aliphatic rings. The topological polar surface area (TPSA) is 84.9 Å². The molecule has 0 heterocycles. The van der Waals surface area contributed by atoms with Crippen molar-refractivity contribution < 1.29 is 50.5 Å². The van der Waals surface area contributed by atoms with Gasteiger partial charge in [-0.1, -0.05) is 30.3 Å². The number of methoxy groups -OCH3 is 1. The van der Waals surface area contributed by atoms with Crippen LogP contribution in [-0.4, -0.2) is 30.1 Å². The Bertz CT molecular complexity index is 1620. The molecule has 4 aliphatic carbocycles. The zero-order chi connectivity index (χ0) is 31.6. The van der Waals surface area contributed by atoms with Crippen LogP contribution in [0.3, 0.4) is 0 Å². The van der Waals surface area contributed by atoms with Crippen LogP contribution in [0.15, 0.2) is 36.4 Å². The van der Waals surface area contributed by atoms with Gasteiger partial charge in [0.25, 0.3) is 5.91 Å². The van der Waals surface area contributed by atoms with E-state index in [2.05, 4.69) is 10.1 Å². The summed E-state index contributed by atoms with van der Waals surface area (Å²) in [6, 6.07) is 8.28. The molecule has 4 saturated carbocycles. The molecule has 0 radical (unpaired) electrons. The summed E-state index contributed by atoms with van der Waals surface area (Å²) in [7, 11) is 0.686. The summed E-state index contributed by atoms with van der Waals surface area (Å²) in [5.41, 5.74) is -4.16. The molecule has 12 heteroatoms. The van der Waals surface area contributed by atoms with Crippen LogP contribution in [0.5, 0.6) is 11.5 Å². The van der Waals surface area contributed by atoms with E-state index < -0.39 is 70.4 Å². The van der Waals surface area contributed by atoms with Crippen LogP contribution < -0.4 is 14.8 Å². The van der Waals surface area contributed by atoms with Gasteiger partial charge >= 0.3 is 12.1 Å². The zero-order valence-corrected chi connectivity index (χ0v) is 23.6. The molecule has 1 amide bonds. The maximum absolute atomic E-state index is 15.1. The highest BCUT2D eigenvalue weighted by Crippen LogP contribution is 2.61. The summed E-state index contributed by atoms with van der Waals surface area (Å²) in [6.45, 7) is -1.10. The number of rotatable bonds is 8. The van der Waals surface area contributed by atoms with Gasteiger partial charge in [-0.25, -0.2) is 18.0 Å². The monoisotopic (exact) mass is 621 g/mol. The molecule has 3 aromatic rings. The first kappa shape index (κ1) is 30.1. The molecule has 6 nitrogen and oxygen atoms in total. The van der Waals surface area contributed by atoms with E-state index in [4.69, 9.17) is 4.74 Å². The van der Waals surface area contributed by atoms with Gasteiger partial charge in [0.05, 0.1) is 18.2 Å². The Hall–Kier alpha value is -3.96. The van der Waals surface area contributed by atoms with E-state index in [0.717, 1.165) is 19.3 Å². The van der Waals surface area contributed by atoms with Gasteiger partial charge in [0, 0.05) is 10.8 Å². The Morgan fingerprint density at radius 3 is 2.11 bits per heavy atom. The highest BCUT2D eigenvalue weighted by Gasteiger charge is 2.56. The van der Waals surface area contributed by atoms with Gasteiger partial charge in [-0.15, -0.1) is 0 Å². The average molecular weight is 622 g/mol. The van der Waals surface area contributed by atoms with Gasteiger partial charge in [0.2, 0.25) is 0 Å². The molecule has 234 valence electrons. The molecule has 0 saturated heterocycles. The smallest absolute Gasteiger partial charge is 0.423 e. The summed E-state index contributed by atoms with van der Waals surface area (Å²) in [4.78, 5) is 26.4. The fourth-order valence-electron chi connectivity index (χ4n) is 8.20. The molecule has 1 unspecified atom stereocenters. The second-order valence-corrected chi connectivity index (χ2v) is 12.3. The fraction of sp³-hybridized carbons (Fsp3) is 0.438. The number of carboxylic acids is 1. The van der Waals surface area contributed by atoms with Crippen molar-refractivity contribution in [1.82, 2.24) is 5.32 Å². The highest BCUT2D eigenvalue weighted by molar-refractivity contribution is 6.05. The number of benzene rings is 3. The first-order valence-corrected chi connectivity index (χ1v) is 14.3. The van der Waals surface area contributed by atoms with Crippen LogP contribution in [0.2, 0.25) is 0 Å². The van der Waals surface area contributed by atoms with Crippen LogP contribution >= 0.6 is 0 Å². The van der Waals surface area contributed by atoms with Crippen molar-refractivity contribution in [2.45, 2.75) is 57.3 Å². The molecule has 4 fully saturated rings. The van der Waals surface area contributed by atoms with Crippen LogP contribution in [0.25, 0.3) is 10.8 Å². The van der Waals surface area contributed by atoms with E-state index in [1.807, 2.05) is 0 Å². The highest BCUT2D eigenvalue weighted by atomic mass is 19.4. The first-order chi connectivity index (χ1) is 20.8. The van der Waals surface area contributed by atoms with Gasteiger partial charge in [0.1, 0.15) is 24.0 Å². The van der Waals surface area contributed by atoms with Crippen LogP contribution in [0, 0.1) is 40.6 Å². The summed E-state index contributed by atoms with van der Waals surface area (Å²) in [5.74, 6) is -8.76. The standard InChI is InChI=1S/C32H29F6NO5/c1-43-27-22(32(36,37)38)25(35)23(33)21(24(27)34)14-44-26-19-5-3-2-4-18(19)6-7-20(26)29(40)39-28(30(41)42)31-11-15-8-16(12-31)10-17(9-15)13-31/h2-7,15-17,28H,8-14H2,1H3,(H,39,40)(H,41,42). The lowest BCUT2D eigenvalue weighted by atomic mass is 9.47. The van der Waals surface area contributed by atoms with Gasteiger partial charge in [-0.05, 0) is 67.7 Å². The minimum absolute atomic E-state index is 0.153. The molecule has 0 aliphatic heterocycles. The van der Waals surface area contributed by atoms with E-state index in [0.29, 0.717) is 54.9 Å². The first-order valence-electron chi connectivity index (χ1n) is 14.3. The second-order valence-electron chi connectivity index (χ2n) is 12.3. The molecule has 7 rings (SSSR count). The predicted molar refractivity (Wildman–Crippen MR) is 146 cm³/mol. The molecule has 3 aromatic carbocycles. The molecule has 44 heavy (non-hydrogen) atoms. The average Bonchev–Trinajstić information content (AvgIpc) is 2.95. The van der Waals surface area contributed by atoms with E-state index in [1.165, 1.54) is 6.07 Å². The van der Waals surface area contributed by atoms with Crippen molar-refractivity contribution in [2.24, 2.45) is 23.2 Å². The lowest BCUT2D eigenvalue weighted by Crippen LogP contribution is -2.59. The third kappa shape index (κ3) is 5.01. The number of carbonyl (C=O) groups excluding carboxylic acids is 1.